The molecule has 0 radical (unpaired) electrons. The number of hydrogen-bond acceptors (Lipinski definition) is 4. The standard InChI is InChI=1S/C12H9N3O2/c16-10(17)6-9-12-11-7(4-5-13-12)2-1-3-8(11)14-15-9/h1-5,14H,6H2,(H,16,17). The highest BCUT2D eigenvalue weighted by Crippen LogP contribution is 2.29. The summed E-state index contributed by atoms with van der Waals surface area (Å²) in [5, 5.41) is 14.8. The lowest BCUT2D eigenvalue weighted by atomic mass is 10.0. The summed E-state index contributed by atoms with van der Waals surface area (Å²) >= 11 is 0. The molecule has 0 atom stereocenters. The van der Waals surface area contributed by atoms with E-state index in [1.54, 1.807) is 6.20 Å². The van der Waals surface area contributed by atoms with E-state index in [0.717, 1.165) is 16.5 Å². The van der Waals surface area contributed by atoms with Crippen LogP contribution >= 0.6 is 0 Å². The number of rotatable bonds is 2. The molecule has 0 saturated heterocycles. The van der Waals surface area contributed by atoms with Crippen LogP contribution in [0.3, 0.4) is 0 Å². The number of hydrazone groups is 1. The SMILES string of the molecule is O=C(O)CC1=NNc2cccc3ccnc1c23. The molecule has 5 nitrogen and oxygen atoms in total. The molecule has 0 unspecified atom stereocenters. The van der Waals surface area contributed by atoms with Gasteiger partial charge in [-0.15, -0.1) is 0 Å². The molecule has 2 N–H and O–H groups in total. The van der Waals surface area contributed by atoms with Crippen LogP contribution in [0.15, 0.2) is 35.6 Å². The molecule has 2 heterocycles. The van der Waals surface area contributed by atoms with Crippen LogP contribution in [0.25, 0.3) is 10.8 Å². The average Bonchev–Trinajstić information content (AvgIpc) is 2.33. The first kappa shape index (κ1) is 9.77. The van der Waals surface area contributed by atoms with E-state index in [9.17, 15) is 4.79 Å². The number of carboxylic acid groups (broad SMARTS) is 1. The zero-order chi connectivity index (χ0) is 11.8. The van der Waals surface area contributed by atoms with E-state index in [-0.39, 0.29) is 6.42 Å². The molecule has 0 fully saturated rings. The van der Waals surface area contributed by atoms with Crippen LogP contribution in [0.5, 0.6) is 0 Å². The Morgan fingerprint density at radius 1 is 1.35 bits per heavy atom. The molecule has 0 spiro atoms. The number of nitrogens with zero attached hydrogens (tertiary/aromatic N) is 2. The number of pyridine rings is 1. The van der Waals surface area contributed by atoms with Crippen molar-refractivity contribution in [2.24, 2.45) is 5.10 Å². The van der Waals surface area contributed by atoms with Crippen LogP contribution in [0.1, 0.15) is 12.1 Å². The third kappa shape index (κ3) is 1.52. The van der Waals surface area contributed by atoms with Gasteiger partial charge in [-0.3, -0.25) is 15.2 Å². The molecule has 1 aromatic carbocycles. The van der Waals surface area contributed by atoms with Gasteiger partial charge in [0.15, 0.2) is 0 Å². The third-order valence-electron chi connectivity index (χ3n) is 2.69. The second-order valence-corrected chi connectivity index (χ2v) is 3.80. The van der Waals surface area contributed by atoms with Gasteiger partial charge in [-0.25, -0.2) is 0 Å². The largest absolute Gasteiger partial charge is 0.481 e. The molecule has 84 valence electrons. The summed E-state index contributed by atoms with van der Waals surface area (Å²) in [4.78, 5) is 15.0. The fourth-order valence-corrected chi connectivity index (χ4v) is 1.99. The van der Waals surface area contributed by atoms with Gasteiger partial charge in [-0.1, -0.05) is 12.1 Å². The lowest BCUT2D eigenvalue weighted by molar-refractivity contribution is -0.135. The summed E-state index contributed by atoms with van der Waals surface area (Å²) in [6.45, 7) is 0. The Balaban J connectivity index is 2.24. The lowest BCUT2D eigenvalue weighted by Crippen LogP contribution is -2.16. The maximum absolute atomic E-state index is 10.8. The predicted molar refractivity (Wildman–Crippen MR) is 64.2 cm³/mol. The number of carbonyl (C=O) groups is 1. The van der Waals surface area contributed by atoms with Crippen molar-refractivity contribution >= 4 is 28.1 Å². The van der Waals surface area contributed by atoms with E-state index in [1.165, 1.54) is 0 Å². The number of benzene rings is 1. The van der Waals surface area contributed by atoms with E-state index in [4.69, 9.17) is 5.11 Å². The van der Waals surface area contributed by atoms with E-state index >= 15 is 0 Å². The van der Waals surface area contributed by atoms with Gasteiger partial charge in [0, 0.05) is 11.6 Å². The van der Waals surface area contributed by atoms with Crippen LogP contribution < -0.4 is 5.43 Å². The zero-order valence-corrected chi connectivity index (χ0v) is 8.84. The topological polar surface area (TPSA) is 74.6 Å². The molecule has 0 bridgehead atoms. The lowest BCUT2D eigenvalue weighted by Gasteiger charge is -2.16. The van der Waals surface area contributed by atoms with Gasteiger partial charge in [-0.05, 0) is 17.5 Å². The first-order chi connectivity index (χ1) is 8.25. The zero-order valence-electron chi connectivity index (χ0n) is 8.84. The molecule has 0 saturated carbocycles. The van der Waals surface area contributed by atoms with Gasteiger partial charge < -0.3 is 5.11 Å². The van der Waals surface area contributed by atoms with Crippen molar-refractivity contribution in [3.05, 3.63) is 36.2 Å². The number of nitrogens with one attached hydrogen (secondary N) is 1. The first-order valence-corrected chi connectivity index (χ1v) is 5.18. The molecule has 5 heteroatoms. The minimum Gasteiger partial charge on any atom is -0.481 e. The van der Waals surface area contributed by atoms with Crippen molar-refractivity contribution in [3.8, 4) is 0 Å². The van der Waals surface area contributed by atoms with E-state index in [0.29, 0.717) is 11.4 Å². The minimum atomic E-state index is -0.913. The molecule has 0 amide bonds. The second kappa shape index (κ2) is 3.55. The maximum atomic E-state index is 10.8. The Labute approximate surface area is 96.8 Å². The van der Waals surface area contributed by atoms with Crippen LogP contribution in [0.4, 0.5) is 5.69 Å². The fraction of sp³-hybridized carbons (Fsp3) is 0.0833. The maximum Gasteiger partial charge on any atom is 0.309 e. The Morgan fingerprint density at radius 3 is 3.06 bits per heavy atom. The monoisotopic (exact) mass is 227 g/mol. The highest BCUT2D eigenvalue weighted by molar-refractivity contribution is 6.18. The van der Waals surface area contributed by atoms with Crippen LogP contribution in [-0.2, 0) is 4.79 Å². The number of hydrogen-bond donors (Lipinski definition) is 2. The molecular formula is C12H9N3O2. The van der Waals surface area contributed by atoms with Crippen LogP contribution in [0.2, 0.25) is 0 Å². The third-order valence-corrected chi connectivity index (χ3v) is 2.69. The van der Waals surface area contributed by atoms with Gasteiger partial charge in [0.2, 0.25) is 0 Å². The number of aliphatic carboxylic acids is 1. The van der Waals surface area contributed by atoms with Gasteiger partial charge >= 0.3 is 5.97 Å². The molecule has 1 aromatic heterocycles. The summed E-state index contributed by atoms with van der Waals surface area (Å²) in [6.07, 6.45) is 1.54. The number of aromatic nitrogens is 1. The Hall–Kier alpha value is -2.43. The van der Waals surface area contributed by atoms with Crippen molar-refractivity contribution in [2.45, 2.75) is 6.42 Å². The molecule has 3 rings (SSSR count). The van der Waals surface area contributed by atoms with Crippen LogP contribution in [-0.4, -0.2) is 21.8 Å². The minimum absolute atomic E-state index is 0.132. The van der Waals surface area contributed by atoms with Crippen molar-refractivity contribution in [2.75, 3.05) is 5.43 Å². The van der Waals surface area contributed by atoms with Gasteiger partial charge in [-0.2, -0.15) is 5.10 Å². The van der Waals surface area contributed by atoms with Crippen molar-refractivity contribution in [1.29, 1.82) is 0 Å². The van der Waals surface area contributed by atoms with Crippen molar-refractivity contribution in [1.82, 2.24) is 4.98 Å². The molecule has 0 aliphatic carbocycles. The predicted octanol–water partition coefficient (Wildman–Crippen LogP) is 1.84. The normalized spacial score (nSPS) is 13.1. The van der Waals surface area contributed by atoms with E-state index < -0.39 is 5.97 Å². The molecule has 17 heavy (non-hydrogen) atoms. The Morgan fingerprint density at radius 2 is 2.24 bits per heavy atom. The number of carboxylic acids is 1. The van der Waals surface area contributed by atoms with Crippen molar-refractivity contribution in [3.63, 3.8) is 0 Å². The van der Waals surface area contributed by atoms with Gasteiger partial charge in [0.05, 0.1) is 23.5 Å². The van der Waals surface area contributed by atoms with Gasteiger partial charge in [0.1, 0.15) is 0 Å². The smallest absolute Gasteiger partial charge is 0.309 e. The molecular weight excluding hydrogens is 218 g/mol. The molecule has 1 aliphatic rings. The Kier molecular flexibility index (Phi) is 2.04. The fourth-order valence-electron chi connectivity index (χ4n) is 1.99. The second-order valence-electron chi connectivity index (χ2n) is 3.80. The number of anilines is 1. The average molecular weight is 227 g/mol. The summed E-state index contributed by atoms with van der Waals surface area (Å²) in [6, 6.07) is 7.68. The van der Waals surface area contributed by atoms with E-state index in [1.807, 2.05) is 24.3 Å². The highest BCUT2D eigenvalue weighted by atomic mass is 16.4. The van der Waals surface area contributed by atoms with Gasteiger partial charge in [0.25, 0.3) is 0 Å². The molecule has 2 aromatic rings. The molecule has 1 aliphatic heterocycles. The van der Waals surface area contributed by atoms with E-state index in [2.05, 4.69) is 15.5 Å². The summed E-state index contributed by atoms with van der Waals surface area (Å²) < 4.78 is 0. The first-order valence-electron chi connectivity index (χ1n) is 5.18. The quantitative estimate of drug-likeness (QED) is 0.820. The summed E-state index contributed by atoms with van der Waals surface area (Å²) in [5.41, 5.74) is 4.84. The van der Waals surface area contributed by atoms with Crippen molar-refractivity contribution < 1.29 is 9.90 Å². The Bertz CT molecular complexity index is 644. The highest BCUT2D eigenvalue weighted by Gasteiger charge is 2.19. The summed E-state index contributed by atoms with van der Waals surface area (Å²) in [5.74, 6) is -0.913. The van der Waals surface area contributed by atoms with Crippen LogP contribution in [0, 0.1) is 0 Å². The summed E-state index contributed by atoms with van der Waals surface area (Å²) in [7, 11) is 0.